The lowest BCUT2D eigenvalue weighted by atomic mass is 10.3. The van der Waals surface area contributed by atoms with Crippen molar-refractivity contribution >= 4 is 5.95 Å². The second-order valence-corrected chi connectivity index (χ2v) is 4.14. The quantitative estimate of drug-likeness (QED) is 0.652. The molecule has 5 nitrogen and oxygen atoms in total. The van der Waals surface area contributed by atoms with Crippen LogP contribution >= 0.6 is 0 Å². The van der Waals surface area contributed by atoms with E-state index in [1.54, 1.807) is 0 Å². The Morgan fingerprint density at radius 1 is 1.33 bits per heavy atom. The number of nitrogens with zero attached hydrogens (tertiary/aromatic N) is 2. The zero-order chi connectivity index (χ0) is 13.2. The van der Waals surface area contributed by atoms with Crippen LogP contribution in [0.5, 0.6) is 0 Å². The third kappa shape index (κ3) is 5.06. The molecular weight excluding hydrogens is 230 g/mol. The molecule has 0 aromatic carbocycles. The van der Waals surface area contributed by atoms with E-state index in [1.165, 1.54) is 0 Å². The molecular formula is C13H25N3O2. The minimum atomic E-state index is 0.293. The fourth-order valence-corrected chi connectivity index (χ4v) is 1.69. The van der Waals surface area contributed by atoms with E-state index in [2.05, 4.69) is 21.8 Å². The highest BCUT2D eigenvalue weighted by Crippen LogP contribution is 2.13. The van der Waals surface area contributed by atoms with Crippen LogP contribution in [0, 0.1) is 0 Å². The lowest BCUT2D eigenvalue weighted by Crippen LogP contribution is -2.16. The summed E-state index contributed by atoms with van der Waals surface area (Å²) in [5, 5.41) is 3.33. The summed E-state index contributed by atoms with van der Waals surface area (Å²) >= 11 is 0. The van der Waals surface area contributed by atoms with E-state index in [9.17, 15) is 0 Å². The Morgan fingerprint density at radius 2 is 2.11 bits per heavy atom. The Kier molecular flexibility index (Phi) is 7.44. The summed E-state index contributed by atoms with van der Waals surface area (Å²) in [4.78, 5) is 4.32. The van der Waals surface area contributed by atoms with E-state index >= 15 is 0 Å². The van der Waals surface area contributed by atoms with Crippen LogP contribution < -0.4 is 5.32 Å². The molecule has 1 heterocycles. The highest BCUT2D eigenvalue weighted by atomic mass is 16.5. The van der Waals surface area contributed by atoms with Crippen molar-refractivity contribution in [2.45, 2.75) is 33.2 Å². The maximum absolute atomic E-state index is 5.44. The Bertz CT molecular complexity index is 315. The van der Waals surface area contributed by atoms with Crippen molar-refractivity contribution in [3.8, 4) is 0 Å². The van der Waals surface area contributed by atoms with Crippen molar-refractivity contribution in [3.63, 3.8) is 0 Å². The summed E-state index contributed by atoms with van der Waals surface area (Å²) in [6.45, 7) is 10.0. The van der Waals surface area contributed by atoms with Gasteiger partial charge in [0.05, 0.1) is 12.6 Å². The summed E-state index contributed by atoms with van der Waals surface area (Å²) in [6, 6.07) is 0.293. The van der Waals surface area contributed by atoms with E-state index in [0.717, 1.165) is 38.7 Å². The minimum absolute atomic E-state index is 0.293. The fourth-order valence-electron chi connectivity index (χ4n) is 1.69. The van der Waals surface area contributed by atoms with Crippen LogP contribution in [0.25, 0.3) is 0 Å². The van der Waals surface area contributed by atoms with Gasteiger partial charge < -0.3 is 19.4 Å². The number of rotatable bonds is 10. The topological polar surface area (TPSA) is 48.3 Å². The van der Waals surface area contributed by atoms with Gasteiger partial charge in [-0.05, 0) is 27.2 Å². The van der Waals surface area contributed by atoms with Gasteiger partial charge in [-0.1, -0.05) is 0 Å². The maximum Gasteiger partial charge on any atom is 0.203 e. The van der Waals surface area contributed by atoms with E-state index in [-0.39, 0.29) is 0 Å². The summed E-state index contributed by atoms with van der Waals surface area (Å²) in [5.74, 6) is 0.902. The molecule has 104 valence electrons. The molecule has 0 saturated carbocycles. The van der Waals surface area contributed by atoms with Crippen LogP contribution in [0.15, 0.2) is 12.4 Å². The predicted octanol–water partition coefficient (Wildman–Crippen LogP) is 2.32. The van der Waals surface area contributed by atoms with Crippen LogP contribution in [-0.4, -0.2) is 42.5 Å². The minimum Gasteiger partial charge on any atom is -0.382 e. The molecule has 0 bridgehead atoms. The van der Waals surface area contributed by atoms with Crippen molar-refractivity contribution in [1.29, 1.82) is 0 Å². The molecule has 18 heavy (non-hydrogen) atoms. The SMILES string of the molecule is CCOCCCNc1nccn1C(C)COCC. The molecule has 1 atom stereocenters. The van der Waals surface area contributed by atoms with E-state index < -0.39 is 0 Å². The molecule has 0 radical (unpaired) electrons. The molecule has 1 aromatic rings. The molecule has 1 rings (SSSR count). The van der Waals surface area contributed by atoms with Gasteiger partial charge in [-0.15, -0.1) is 0 Å². The lowest BCUT2D eigenvalue weighted by molar-refractivity contribution is 0.119. The van der Waals surface area contributed by atoms with Gasteiger partial charge in [-0.3, -0.25) is 0 Å². The second kappa shape index (κ2) is 8.94. The van der Waals surface area contributed by atoms with Crippen molar-refractivity contribution in [3.05, 3.63) is 12.4 Å². The average molecular weight is 255 g/mol. The number of hydrogen-bond acceptors (Lipinski definition) is 4. The van der Waals surface area contributed by atoms with Crippen LogP contribution in [-0.2, 0) is 9.47 Å². The fraction of sp³-hybridized carbons (Fsp3) is 0.769. The number of anilines is 1. The largest absolute Gasteiger partial charge is 0.382 e. The zero-order valence-corrected chi connectivity index (χ0v) is 11.7. The predicted molar refractivity (Wildman–Crippen MR) is 73.0 cm³/mol. The smallest absolute Gasteiger partial charge is 0.203 e. The first-order chi connectivity index (χ1) is 8.79. The number of imidazole rings is 1. The molecule has 1 unspecified atom stereocenters. The Morgan fingerprint density at radius 3 is 2.83 bits per heavy atom. The molecule has 0 amide bonds. The first-order valence-corrected chi connectivity index (χ1v) is 6.71. The molecule has 5 heteroatoms. The van der Waals surface area contributed by atoms with Crippen molar-refractivity contribution in [1.82, 2.24) is 9.55 Å². The van der Waals surface area contributed by atoms with Gasteiger partial charge in [-0.2, -0.15) is 0 Å². The van der Waals surface area contributed by atoms with Gasteiger partial charge in [0.1, 0.15) is 0 Å². The molecule has 0 spiro atoms. The molecule has 0 aliphatic rings. The molecule has 1 N–H and O–H groups in total. The number of aromatic nitrogens is 2. The Labute approximate surface area is 109 Å². The van der Waals surface area contributed by atoms with Gasteiger partial charge in [0.25, 0.3) is 0 Å². The van der Waals surface area contributed by atoms with Crippen LogP contribution in [0.1, 0.15) is 33.2 Å². The first kappa shape index (κ1) is 15.0. The van der Waals surface area contributed by atoms with Gasteiger partial charge >= 0.3 is 0 Å². The van der Waals surface area contributed by atoms with E-state index in [1.807, 2.05) is 26.2 Å². The monoisotopic (exact) mass is 255 g/mol. The van der Waals surface area contributed by atoms with Crippen LogP contribution in [0.2, 0.25) is 0 Å². The molecule has 0 aliphatic carbocycles. The Balaban J connectivity index is 2.34. The zero-order valence-electron chi connectivity index (χ0n) is 11.7. The van der Waals surface area contributed by atoms with Gasteiger partial charge in [0, 0.05) is 38.8 Å². The Hall–Kier alpha value is -1.07. The lowest BCUT2D eigenvalue weighted by Gasteiger charge is -2.16. The summed E-state index contributed by atoms with van der Waals surface area (Å²) < 4.78 is 12.8. The third-order valence-electron chi connectivity index (χ3n) is 2.66. The van der Waals surface area contributed by atoms with Gasteiger partial charge in [-0.25, -0.2) is 4.98 Å². The highest BCUT2D eigenvalue weighted by molar-refractivity contribution is 5.26. The standard InChI is InChI=1S/C13H25N3O2/c1-4-17-10-6-7-14-13-15-8-9-16(13)12(3)11-18-5-2/h8-9,12H,4-7,10-11H2,1-3H3,(H,14,15). The number of hydrogen-bond donors (Lipinski definition) is 1. The maximum atomic E-state index is 5.44. The third-order valence-corrected chi connectivity index (χ3v) is 2.66. The molecule has 0 fully saturated rings. The summed E-state index contributed by atoms with van der Waals surface area (Å²) in [5.41, 5.74) is 0. The van der Waals surface area contributed by atoms with Gasteiger partial charge in [0.2, 0.25) is 5.95 Å². The number of nitrogens with one attached hydrogen (secondary N) is 1. The van der Waals surface area contributed by atoms with Gasteiger partial charge in [0.15, 0.2) is 0 Å². The van der Waals surface area contributed by atoms with Crippen LogP contribution in [0.4, 0.5) is 5.95 Å². The van der Waals surface area contributed by atoms with Crippen molar-refractivity contribution in [2.75, 3.05) is 38.3 Å². The molecule has 0 aliphatic heterocycles. The molecule has 1 aromatic heterocycles. The van der Waals surface area contributed by atoms with E-state index in [0.29, 0.717) is 12.6 Å². The van der Waals surface area contributed by atoms with Crippen molar-refractivity contribution < 1.29 is 9.47 Å². The van der Waals surface area contributed by atoms with E-state index in [4.69, 9.17) is 9.47 Å². The summed E-state index contributed by atoms with van der Waals surface area (Å²) in [7, 11) is 0. The second-order valence-electron chi connectivity index (χ2n) is 4.14. The first-order valence-electron chi connectivity index (χ1n) is 6.71. The highest BCUT2D eigenvalue weighted by Gasteiger charge is 2.09. The van der Waals surface area contributed by atoms with Crippen LogP contribution in [0.3, 0.4) is 0 Å². The summed E-state index contributed by atoms with van der Waals surface area (Å²) in [6.07, 6.45) is 4.78. The average Bonchev–Trinajstić information content (AvgIpc) is 2.84. The molecule has 0 saturated heterocycles. The normalized spacial score (nSPS) is 12.6. The van der Waals surface area contributed by atoms with Crippen molar-refractivity contribution in [2.24, 2.45) is 0 Å². The number of ether oxygens (including phenoxy) is 2.